The number of hydrogen-bond donors (Lipinski definition) is 0. The Morgan fingerprint density at radius 1 is 0.842 bits per heavy atom. The average molecular weight is 310 g/mol. The Labute approximate surface area is 95.6 Å². The predicted molar refractivity (Wildman–Crippen MR) is 31.9 cm³/mol. The summed E-state index contributed by atoms with van der Waals surface area (Å²) in [5.74, 6) is -16.1. The summed E-state index contributed by atoms with van der Waals surface area (Å²) in [6.07, 6.45) is -19.6. The highest BCUT2D eigenvalue weighted by molar-refractivity contribution is 5.80. The van der Waals surface area contributed by atoms with Crippen LogP contribution in [-0.4, -0.2) is 36.1 Å². The monoisotopic (exact) mass is 310 g/mol. The van der Waals surface area contributed by atoms with Gasteiger partial charge in [-0.25, -0.2) is 4.79 Å². The van der Waals surface area contributed by atoms with Crippen LogP contribution in [0.2, 0.25) is 0 Å². The van der Waals surface area contributed by atoms with Gasteiger partial charge >= 0.3 is 36.1 Å². The van der Waals surface area contributed by atoms with E-state index < -0.39 is 36.1 Å². The maximum atomic E-state index is 12.9. The van der Waals surface area contributed by atoms with Crippen molar-refractivity contribution in [1.82, 2.24) is 0 Å². The maximum Gasteiger partial charge on any atom is 0.471 e. The molecular formula is C6F10O3. The van der Waals surface area contributed by atoms with Gasteiger partial charge in [0.25, 0.3) is 0 Å². The van der Waals surface area contributed by atoms with Crippen LogP contribution < -0.4 is 0 Å². The molecule has 13 heteroatoms. The lowest BCUT2D eigenvalue weighted by molar-refractivity contribution is -0.519. The smallest absolute Gasteiger partial charge is 0.392 e. The lowest BCUT2D eigenvalue weighted by Crippen LogP contribution is -2.71. The van der Waals surface area contributed by atoms with Crippen LogP contribution in [0, 0.1) is 0 Å². The lowest BCUT2D eigenvalue weighted by Gasteiger charge is -2.42. The van der Waals surface area contributed by atoms with Crippen molar-refractivity contribution in [3.63, 3.8) is 0 Å². The molecule has 0 amide bonds. The first-order valence-corrected chi connectivity index (χ1v) is 3.91. The minimum atomic E-state index is -6.81. The fraction of sp³-hybridized carbons (Fsp3) is 0.833. The molecule has 19 heavy (non-hydrogen) atoms. The van der Waals surface area contributed by atoms with Crippen molar-refractivity contribution in [2.45, 2.75) is 30.2 Å². The first-order chi connectivity index (χ1) is 8.08. The predicted octanol–water partition coefficient (Wildman–Crippen LogP) is 2.61. The minimum Gasteiger partial charge on any atom is -0.392 e. The molecule has 0 aromatic carbocycles. The van der Waals surface area contributed by atoms with Gasteiger partial charge in [-0.3, -0.25) is 4.74 Å². The number of rotatable bonds is 0. The summed E-state index contributed by atoms with van der Waals surface area (Å²) in [4.78, 5) is 10.3. The molecule has 0 saturated carbocycles. The SMILES string of the molecule is O=C1OC(F)(F)C(F)(C(F)(F)F)OC1(F)C(F)(F)F. The molecule has 112 valence electrons. The van der Waals surface area contributed by atoms with Crippen LogP contribution in [0.25, 0.3) is 0 Å². The molecular weight excluding hydrogens is 310 g/mol. The summed E-state index contributed by atoms with van der Waals surface area (Å²) in [7, 11) is 0. The Morgan fingerprint density at radius 3 is 1.58 bits per heavy atom. The Kier molecular flexibility index (Phi) is 3.02. The van der Waals surface area contributed by atoms with Gasteiger partial charge in [0, 0.05) is 0 Å². The first kappa shape index (κ1) is 15.8. The number of esters is 1. The summed E-state index contributed by atoms with van der Waals surface area (Å²) >= 11 is 0. The van der Waals surface area contributed by atoms with Gasteiger partial charge in [0.2, 0.25) is 0 Å². The highest BCUT2D eigenvalue weighted by atomic mass is 19.4. The van der Waals surface area contributed by atoms with Crippen molar-refractivity contribution in [2.75, 3.05) is 0 Å². The van der Waals surface area contributed by atoms with E-state index in [0.717, 1.165) is 0 Å². The Bertz CT molecular complexity index is 399. The van der Waals surface area contributed by atoms with Gasteiger partial charge in [0.15, 0.2) is 0 Å². The van der Waals surface area contributed by atoms with Crippen molar-refractivity contribution in [2.24, 2.45) is 0 Å². The van der Waals surface area contributed by atoms with Gasteiger partial charge < -0.3 is 4.74 Å². The van der Waals surface area contributed by atoms with E-state index in [2.05, 4.69) is 9.47 Å². The molecule has 2 unspecified atom stereocenters. The lowest BCUT2D eigenvalue weighted by atomic mass is 10.2. The summed E-state index contributed by atoms with van der Waals surface area (Å²) in [5, 5.41) is 0. The van der Waals surface area contributed by atoms with E-state index in [1.165, 1.54) is 0 Å². The van der Waals surface area contributed by atoms with Gasteiger partial charge in [-0.2, -0.15) is 43.9 Å². The van der Waals surface area contributed by atoms with E-state index in [1.54, 1.807) is 0 Å². The van der Waals surface area contributed by atoms with Gasteiger partial charge in [0.05, 0.1) is 0 Å². The molecule has 0 spiro atoms. The molecule has 0 aliphatic carbocycles. The van der Waals surface area contributed by atoms with Crippen LogP contribution in [0.1, 0.15) is 0 Å². The van der Waals surface area contributed by atoms with Crippen molar-refractivity contribution < 1.29 is 58.2 Å². The van der Waals surface area contributed by atoms with Crippen molar-refractivity contribution >= 4 is 5.97 Å². The van der Waals surface area contributed by atoms with Crippen molar-refractivity contribution in [3.8, 4) is 0 Å². The number of alkyl halides is 10. The molecule has 0 radical (unpaired) electrons. The largest absolute Gasteiger partial charge is 0.471 e. The van der Waals surface area contributed by atoms with E-state index in [-0.39, 0.29) is 0 Å². The van der Waals surface area contributed by atoms with Crippen LogP contribution >= 0.6 is 0 Å². The molecule has 1 saturated heterocycles. The third kappa shape index (κ3) is 1.99. The molecule has 0 N–H and O–H groups in total. The zero-order valence-electron chi connectivity index (χ0n) is 8.00. The summed E-state index contributed by atoms with van der Waals surface area (Å²) in [5.41, 5.74) is 0. The van der Waals surface area contributed by atoms with Crippen LogP contribution in [0.15, 0.2) is 0 Å². The first-order valence-electron chi connectivity index (χ1n) is 3.91. The number of carbonyl (C=O) groups excluding carboxylic acids is 1. The van der Waals surface area contributed by atoms with Crippen LogP contribution in [0.3, 0.4) is 0 Å². The number of hydrogen-bond acceptors (Lipinski definition) is 3. The van der Waals surface area contributed by atoms with Crippen LogP contribution in [0.4, 0.5) is 43.9 Å². The van der Waals surface area contributed by atoms with Crippen molar-refractivity contribution in [1.29, 1.82) is 0 Å². The Morgan fingerprint density at radius 2 is 1.26 bits per heavy atom. The van der Waals surface area contributed by atoms with E-state index in [4.69, 9.17) is 0 Å². The summed E-state index contributed by atoms with van der Waals surface area (Å²) in [6, 6.07) is 0. The molecule has 1 aliphatic rings. The van der Waals surface area contributed by atoms with Gasteiger partial charge in [-0.05, 0) is 0 Å². The van der Waals surface area contributed by atoms with Gasteiger partial charge in [-0.1, -0.05) is 0 Å². The van der Waals surface area contributed by atoms with Crippen LogP contribution in [0.5, 0.6) is 0 Å². The van der Waals surface area contributed by atoms with Gasteiger partial charge in [-0.15, -0.1) is 0 Å². The number of ether oxygens (including phenoxy) is 2. The fourth-order valence-electron chi connectivity index (χ4n) is 0.939. The molecule has 1 rings (SSSR count). The minimum absolute atomic E-state index is 2.11. The maximum absolute atomic E-state index is 12.9. The highest BCUT2D eigenvalue weighted by Crippen LogP contribution is 2.55. The number of halogens is 10. The molecule has 0 aromatic rings. The van der Waals surface area contributed by atoms with E-state index >= 15 is 0 Å². The van der Waals surface area contributed by atoms with E-state index in [9.17, 15) is 48.7 Å². The third-order valence-corrected chi connectivity index (χ3v) is 1.87. The van der Waals surface area contributed by atoms with Crippen LogP contribution in [-0.2, 0) is 14.3 Å². The zero-order valence-corrected chi connectivity index (χ0v) is 8.00. The number of cyclic esters (lactones) is 1. The fourth-order valence-corrected chi connectivity index (χ4v) is 0.939. The van der Waals surface area contributed by atoms with E-state index in [1.807, 2.05) is 0 Å². The molecule has 2 atom stereocenters. The topological polar surface area (TPSA) is 35.5 Å². The second-order valence-corrected chi connectivity index (χ2v) is 3.19. The summed E-state index contributed by atoms with van der Waals surface area (Å²) < 4.78 is 127. The second-order valence-electron chi connectivity index (χ2n) is 3.19. The quantitative estimate of drug-likeness (QED) is 0.510. The molecule has 1 heterocycles. The molecule has 1 fully saturated rings. The Hall–Kier alpha value is -1.27. The Balaban J connectivity index is 3.40. The second kappa shape index (κ2) is 3.64. The highest BCUT2D eigenvalue weighted by Gasteiger charge is 2.86. The molecule has 3 nitrogen and oxygen atoms in total. The van der Waals surface area contributed by atoms with Crippen molar-refractivity contribution in [3.05, 3.63) is 0 Å². The average Bonchev–Trinajstić information content (AvgIpc) is 2.10. The normalized spacial score (nSPS) is 36.0. The van der Waals surface area contributed by atoms with E-state index in [0.29, 0.717) is 0 Å². The molecule has 0 aromatic heterocycles. The standard InChI is InChI=1S/C6F10O3/c7-2(4(9,10)11)1(17)18-6(15,16)3(8,19-2)5(12,13)14. The molecule has 1 aliphatic heterocycles. The zero-order chi connectivity index (χ0) is 15.5. The third-order valence-electron chi connectivity index (χ3n) is 1.87. The summed E-state index contributed by atoms with van der Waals surface area (Å²) in [6.45, 7) is 0. The van der Waals surface area contributed by atoms with Gasteiger partial charge in [0.1, 0.15) is 0 Å². The number of carbonyl (C=O) groups is 1. The molecule has 0 bridgehead atoms.